The molecule has 0 atom stereocenters. The molecule has 0 aliphatic rings. The molecule has 98 valence electrons. The van der Waals surface area contributed by atoms with Crippen molar-refractivity contribution >= 4 is 11.1 Å². The summed E-state index contributed by atoms with van der Waals surface area (Å²) in [4.78, 5) is 6.54. The fraction of sp³-hybridized carbons (Fsp3) is 0.500. The first-order chi connectivity index (χ1) is 8.69. The Labute approximate surface area is 107 Å². The van der Waals surface area contributed by atoms with Gasteiger partial charge in [0, 0.05) is 20.1 Å². The fourth-order valence-corrected chi connectivity index (χ4v) is 2.07. The van der Waals surface area contributed by atoms with Gasteiger partial charge < -0.3 is 14.4 Å². The van der Waals surface area contributed by atoms with Crippen LogP contribution >= 0.6 is 0 Å². The zero-order valence-corrected chi connectivity index (χ0v) is 11.0. The SMILES string of the molecule is Cc1nc2ccc(CN(C)CCCCO)cc2o1. The summed E-state index contributed by atoms with van der Waals surface area (Å²) in [7, 11) is 2.09. The summed E-state index contributed by atoms with van der Waals surface area (Å²) in [5.74, 6) is 0.707. The molecule has 0 bridgehead atoms. The van der Waals surface area contributed by atoms with E-state index in [1.165, 1.54) is 5.56 Å². The average Bonchev–Trinajstić information content (AvgIpc) is 2.69. The minimum atomic E-state index is 0.275. The van der Waals surface area contributed by atoms with Crippen molar-refractivity contribution in [3.8, 4) is 0 Å². The number of hydrogen-bond donors (Lipinski definition) is 1. The van der Waals surface area contributed by atoms with Crippen LogP contribution in [0.2, 0.25) is 0 Å². The number of oxazole rings is 1. The summed E-state index contributed by atoms with van der Waals surface area (Å²) in [6.07, 6.45) is 1.89. The Morgan fingerprint density at radius 1 is 1.33 bits per heavy atom. The van der Waals surface area contributed by atoms with Crippen LogP contribution in [-0.4, -0.2) is 35.2 Å². The third-order valence-electron chi connectivity index (χ3n) is 2.96. The molecule has 0 unspecified atom stereocenters. The summed E-state index contributed by atoms with van der Waals surface area (Å²) >= 11 is 0. The second-order valence-electron chi connectivity index (χ2n) is 4.70. The van der Waals surface area contributed by atoms with E-state index in [0.29, 0.717) is 5.89 Å². The molecule has 0 amide bonds. The lowest BCUT2D eigenvalue weighted by Crippen LogP contribution is -2.19. The normalized spacial score (nSPS) is 11.6. The average molecular weight is 248 g/mol. The van der Waals surface area contributed by atoms with Crippen LogP contribution in [0.1, 0.15) is 24.3 Å². The van der Waals surface area contributed by atoms with Crippen molar-refractivity contribution in [3.63, 3.8) is 0 Å². The van der Waals surface area contributed by atoms with Gasteiger partial charge >= 0.3 is 0 Å². The molecule has 2 rings (SSSR count). The molecule has 0 spiro atoms. The van der Waals surface area contributed by atoms with E-state index in [0.717, 1.165) is 37.0 Å². The standard InChI is InChI=1S/C14H20N2O2/c1-11-15-13-6-5-12(9-14(13)18-11)10-16(2)7-3-4-8-17/h5-6,9,17H,3-4,7-8,10H2,1-2H3. The van der Waals surface area contributed by atoms with Crippen LogP contribution in [0.4, 0.5) is 0 Å². The van der Waals surface area contributed by atoms with Crippen LogP contribution in [0.3, 0.4) is 0 Å². The highest BCUT2D eigenvalue weighted by Gasteiger charge is 2.05. The Hall–Kier alpha value is -1.39. The molecular formula is C14H20N2O2. The lowest BCUT2D eigenvalue weighted by atomic mass is 10.2. The molecular weight excluding hydrogens is 228 g/mol. The van der Waals surface area contributed by atoms with Crippen molar-refractivity contribution < 1.29 is 9.52 Å². The smallest absolute Gasteiger partial charge is 0.192 e. The first-order valence-corrected chi connectivity index (χ1v) is 6.34. The van der Waals surface area contributed by atoms with Crippen molar-refractivity contribution in [1.82, 2.24) is 9.88 Å². The second-order valence-corrected chi connectivity index (χ2v) is 4.70. The number of fused-ring (bicyclic) bond motifs is 1. The molecule has 1 aromatic carbocycles. The summed E-state index contributed by atoms with van der Waals surface area (Å²) in [5.41, 5.74) is 3.00. The van der Waals surface area contributed by atoms with Gasteiger partial charge in [-0.05, 0) is 44.1 Å². The van der Waals surface area contributed by atoms with Crippen LogP contribution in [0.25, 0.3) is 11.1 Å². The fourth-order valence-electron chi connectivity index (χ4n) is 2.07. The van der Waals surface area contributed by atoms with Crippen molar-refractivity contribution in [2.75, 3.05) is 20.2 Å². The Bertz CT molecular complexity index is 507. The predicted molar refractivity (Wildman–Crippen MR) is 71.4 cm³/mol. The van der Waals surface area contributed by atoms with E-state index in [9.17, 15) is 0 Å². The second kappa shape index (κ2) is 5.98. The summed E-state index contributed by atoms with van der Waals surface area (Å²) < 4.78 is 5.53. The molecule has 4 heteroatoms. The quantitative estimate of drug-likeness (QED) is 0.797. The Balaban J connectivity index is 1.98. The van der Waals surface area contributed by atoms with Gasteiger partial charge in [0.05, 0.1) is 0 Å². The molecule has 1 aromatic heterocycles. The van der Waals surface area contributed by atoms with Crippen molar-refractivity contribution in [3.05, 3.63) is 29.7 Å². The van der Waals surface area contributed by atoms with Gasteiger partial charge in [0.1, 0.15) is 5.52 Å². The molecule has 0 fully saturated rings. The van der Waals surface area contributed by atoms with Gasteiger partial charge in [-0.3, -0.25) is 0 Å². The molecule has 1 heterocycles. The van der Waals surface area contributed by atoms with Crippen LogP contribution in [0.15, 0.2) is 22.6 Å². The first-order valence-electron chi connectivity index (χ1n) is 6.34. The van der Waals surface area contributed by atoms with E-state index >= 15 is 0 Å². The van der Waals surface area contributed by atoms with Crippen molar-refractivity contribution in [1.29, 1.82) is 0 Å². The third-order valence-corrected chi connectivity index (χ3v) is 2.96. The largest absolute Gasteiger partial charge is 0.441 e. The maximum Gasteiger partial charge on any atom is 0.192 e. The maximum absolute atomic E-state index is 8.75. The Morgan fingerprint density at radius 3 is 2.94 bits per heavy atom. The summed E-state index contributed by atoms with van der Waals surface area (Å²) in [6.45, 7) is 4.02. The highest BCUT2D eigenvalue weighted by Crippen LogP contribution is 2.17. The molecule has 0 saturated carbocycles. The van der Waals surface area contributed by atoms with Crippen LogP contribution in [0, 0.1) is 6.92 Å². The van der Waals surface area contributed by atoms with Crippen LogP contribution < -0.4 is 0 Å². The molecule has 4 nitrogen and oxygen atoms in total. The number of aryl methyl sites for hydroxylation is 1. The van der Waals surface area contributed by atoms with E-state index in [1.807, 2.05) is 13.0 Å². The maximum atomic E-state index is 8.75. The zero-order valence-electron chi connectivity index (χ0n) is 11.0. The van der Waals surface area contributed by atoms with E-state index in [4.69, 9.17) is 9.52 Å². The highest BCUT2D eigenvalue weighted by molar-refractivity contribution is 5.73. The number of aromatic nitrogens is 1. The molecule has 0 aliphatic carbocycles. The molecule has 0 saturated heterocycles. The van der Waals surface area contributed by atoms with E-state index in [2.05, 4.69) is 29.1 Å². The van der Waals surface area contributed by atoms with Gasteiger partial charge in [-0.25, -0.2) is 4.98 Å². The lowest BCUT2D eigenvalue weighted by molar-refractivity contribution is 0.261. The van der Waals surface area contributed by atoms with E-state index < -0.39 is 0 Å². The number of benzene rings is 1. The zero-order chi connectivity index (χ0) is 13.0. The van der Waals surface area contributed by atoms with Crippen LogP contribution in [-0.2, 0) is 6.54 Å². The molecule has 18 heavy (non-hydrogen) atoms. The number of nitrogens with zero attached hydrogens (tertiary/aromatic N) is 2. The van der Waals surface area contributed by atoms with Gasteiger partial charge in [-0.1, -0.05) is 6.07 Å². The van der Waals surface area contributed by atoms with Gasteiger partial charge in [0.15, 0.2) is 11.5 Å². The number of rotatable bonds is 6. The third kappa shape index (κ3) is 3.31. The van der Waals surface area contributed by atoms with Crippen molar-refractivity contribution in [2.24, 2.45) is 0 Å². The van der Waals surface area contributed by atoms with Crippen LogP contribution in [0.5, 0.6) is 0 Å². The number of unbranched alkanes of at least 4 members (excludes halogenated alkanes) is 1. The van der Waals surface area contributed by atoms with E-state index in [-0.39, 0.29) is 6.61 Å². The first kappa shape index (κ1) is 13.1. The molecule has 2 aromatic rings. The number of aliphatic hydroxyl groups excluding tert-OH is 1. The molecule has 1 N–H and O–H groups in total. The topological polar surface area (TPSA) is 49.5 Å². The van der Waals surface area contributed by atoms with E-state index in [1.54, 1.807) is 0 Å². The molecule has 0 aliphatic heterocycles. The van der Waals surface area contributed by atoms with Crippen molar-refractivity contribution in [2.45, 2.75) is 26.3 Å². The minimum absolute atomic E-state index is 0.275. The predicted octanol–water partition coefficient (Wildman–Crippen LogP) is 2.34. The molecule has 0 radical (unpaired) electrons. The Morgan fingerprint density at radius 2 is 2.17 bits per heavy atom. The summed E-state index contributed by atoms with van der Waals surface area (Å²) in [5, 5.41) is 8.75. The highest BCUT2D eigenvalue weighted by atomic mass is 16.3. The number of aliphatic hydroxyl groups is 1. The van der Waals surface area contributed by atoms with Gasteiger partial charge in [-0.2, -0.15) is 0 Å². The summed E-state index contributed by atoms with van der Waals surface area (Å²) in [6, 6.07) is 6.15. The lowest BCUT2D eigenvalue weighted by Gasteiger charge is -2.16. The number of hydrogen-bond acceptors (Lipinski definition) is 4. The van der Waals surface area contributed by atoms with Gasteiger partial charge in [-0.15, -0.1) is 0 Å². The minimum Gasteiger partial charge on any atom is -0.441 e. The Kier molecular flexibility index (Phi) is 4.33. The van der Waals surface area contributed by atoms with Gasteiger partial charge in [0.25, 0.3) is 0 Å². The van der Waals surface area contributed by atoms with Gasteiger partial charge in [0.2, 0.25) is 0 Å². The monoisotopic (exact) mass is 248 g/mol.